The highest BCUT2D eigenvalue weighted by atomic mass is 16.2. The number of hydrogen-bond acceptors (Lipinski definition) is 6. The Morgan fingerprint density at radius 2 is 1.70 bits per heavy atom. The number of nitrogens with one attached hydrogen (secondary N) is 2. The van der Waals surface area contributed by atoms with Crippen LogP contribution in [0, 0.1) is 12.8 Å². The number of carbonyl (C=O) groups excluding carboxylic acids is 2. The average Bonchev–Trinajstić information content (AvgIpc) is 3.61. The van der Waals surface area contributed by atoms with Gasteiger partial charge in [-0.1, -0.05) is 36.4 Å². The van der Waals surface area contributed by atoms with E-state index in [1.54, 1.807) is 22.6 Å². The lowest BCUT2D eigenvalue weighted by Gasteiger charge is -2.16. The van der Waals surface area contributed by atoms with Gasteiger partial charge >= 0.3 is 0 Å². The first kappa shape index (κ1) is 22.4. The summed E-state index contributed by atoms with van der Waals surface area (Å²) in [4.78, 5) is 47.6. The summed E-state index contributed by atoms with van der Waals surface area (Å²) in [6.45, 7) is 2.05. The minimum atomic E-state index is -0.537. The van der Waals surface area contributed by atoms with Crippen molar-refractivity contribution in [2.75, 3.05) is 16.8 Å². The van der Waals surface area contributed by atoms with Gasteiger partial charge in [-0.15, -0.1) is 0 Å². The molecule has 3 aromatic heterocycles. The van der Waals surface area contributed by atoms with Crippen molar-refractivity contribution in [1.29, 1.82) is 0 Å². The number of para-hydroxylation sites is 2. The van der Waals surface area contributed by atoms with E-state index in [2.05, 4.69) is 25.5 Å². The van der Waals surface area contributed by atoms with Crippen LogP contribution in [-0.4, -0.2) is 47.9 Å². The molecule has 0 aliphatic carbocycles. The highest BCUT2D eigenvalue weighted by molar-refractivity contribution is 6.03. The van der Waals surface area contributed by atoms with E-state index in [1.165, 1.54) is 10.9 Å². The molecule has 1 aliphatic heterocycles. The molecule has 37 heavy (non-hydrogen) atoms. The molecule has 1 atom stereocenters. The van der Waals surface area contributed by atoms with E-state index in [-0.39, 0.29) is 36.3 Å². The van der Waals surface area contributed by atoms with E-state index in [4.69, 9.17) is 0 Å². The fraction of sp³-hybridized carbons (Fsp3) is 0.154. The Hall–Kier alpha value is -5.06. The molecule has 0 radical (unpaired) electrons. The molecule has 2 N–H and O–H groups in total. The number of H-pyrrole nitrogens is 1. The lowest BCUT2D eigenvalue weighted by molar-refractivity contribution is -0.122. The summed E-state index contributed by atoms with van der Waals surface area (Å²) in [5, 5.41) is 12.0. The Kier molecular flexibility index (Phi) is 5.37. The molecule has 1 unspecified atom stereocenters. The van der Waals surface area contributed by atoms with Crippen LogP contribution in [0.15, 0.2) is 77.7 Å². The maximum absolute atomic E-state index is 13.2. The van der Waals surface area contributed by atoms with Gasteiger partial charge in [-0.25, -0.2) is 4.68 Å². The molecule has 1 aliphatic rings. The van der Waals surface area contributed by atoms with E-state index in [9.17, 15) is 14.4 Å². The van der Waals surface area contributed by atoms with E-state index < -0.39 is 5.92 Å². The summed E-state index contributed by atoms with van der Waals surface area (Å²) >= 11 is 0. The highest BCUT2D eigenvalue weighted by Crippen LogP contribution is 2.26. The minimum Gasteiger partial charge on any atom is -0.312 e. The van der Waals surface area contributed by atoms with Crippen molar-refractivity contribution in [2.24, 2.45) is 5.92 Å². The van der Waals surface area contributed by atoms with Crippen LogP contribution < -0.4 is 15.8 Å². The second-order valence-electron chi connectivity index (χ2n) is 8.83. The predicted molar refractivity (Wildman–Crippen MR) is 137 cm³/mol. The summed E-state index contributed by atoms with van der Waals surface area (Å²) in [7, 11) is 0. The molecule has 0 saturated carbocycles. The van der Waals surface area contributed by atoms with Gasteiger partial charge in [0.05, 0.1) is 23.5 Å². The number of amides is 2. The van der Waals surface area contributed by atoms with E-state index in [0.29, 0.717) is 22.5 Å². The van der Waals surface area contributed by atoms with Crippen molar-refractivity contribution in [1.82, 2.24) is 29.5 Å². The first-order valence-corrected chi connectivity index (χ1v) is 11.7. The third-order valence-corrected chi connectivity index (χ3v) is 6.27. The first-order chi connectivity index (χ1) is 18.0. The lowest BCUT2D eigenvalue weighted by atomic mass is 10.1. The third-order valence-electron chi connectivity index (χ3n) is 6.27. The summed E-state index contributed by atoms with van der Waals surface area (Å²) in [5.74, 6) is -0.494. The summed E-state index contributed by atoms with van der Waals surface area (Å²) in [6, 6.07) is 20.3. The fourth-order valence-corrected chi connectivity index (χ4v) is 4.48. The number of anilines is 2. The number of aryl methyl sites for hydroxylation is 1. The fourth-order valence-electron chi connectivity index (χ4n) is 4.48. The van der Waals surface area contributed by atoms with Crippen LogP contribution in [0.4, 0.5) is 11.5 Å². The Morgan fingerprint density at radius 1 is 1.00 bits per heavy atom. The summed E-state index contributed by atoms with van der Waals surface area (Å²) in [5.41, 5.74) is 2.10. The Morgan fingerprint density at radius 3 is 2.43 bits per heavy atom. The van der Waals surface area contributed by atoms with Gasteiger partial charge in [0.25, 0.3) is 5.56 Å². The van der Waals surface area contributed by atoms with Crippen molar-refractivity contribution >= 4 is 34.4 Å². The normalized spacial score (nSPS) is 15.4. The maximum Gasteiger partial charge on any atom is 0.263 e. The van der Waals surface area contributed by atoms with Crippen molar-refractivity contribution in [3.8, 4) is 11.6 Å². The monoisotopic (exact) mass is 494 g/mol. The van der Waals surface area contributed by atoms with E-state index >= 15 is 0 Å². The third kappa shape index (κ3) is 4.05. The zero-order valence-corrected chi connectivity index (χ0v) is 19.8. The van der Waals surface area contributed by atoms with Gasteiger partial charge in [-0.3, -0.25) is 19.4 Å². The molecule has 184 valence electrons. The zero-order valence-electron chi connectivity index (χ0n) is 19.8. The number of fused-ring (bicyclic) bond motifs is 1. The van der Waals surface area contributed by atoms with Gasteiger partial charge in [-0.05, 0) is 31.2 Å². The molecule has 2 amide bonds. The molecular formula is C26H22N8O3. The van der Waals surface area contributed by atoms with Crippen LogP contribution >= 0.6 is 0 Å². The SMILES string of the molecule is Cc1cc(NC(=O)C2CC(=O)N(c3ccccc3)C2)n(-c2nc3c(cnn3-c3ccccc3)c(=O)[nH]2)n1. The van der Waals surface area contributed by atoms with Crippen molar-refractivity contribution in [3.63, 3.8) is 0 Å². The molecule has 0 spiro atoms. The molecule has 11 nitrogen and oxygen atoms in total. The largest absolute Gasteiger partial charge is 0.312 e. The number of carbonyl (C=O) groups is 2. The van der Waals surface area contributed by atoms with Gasteiger partial charge in [0.1, 0.15) is 11.2 Å². The van der Waals surface area contributed by atoms with Crippen LogP contribution in [0.2, 0.25) is 0 Å². The van der Waals surface area contributed by atoms with E-state index in [1.807, 2.05) is 60.7 Å². The summed E-state index contributed by atoms with van der Waals surface area (Å²) in [6.07, 6.45) is 1.57. The van der Waals surface area contributed by atoms with Crippen LogP contribution in [0.3, 0.4) is 0 Å². The van der Waals surface area contributed by atoms with Crippen LogP contribution in [0.5, 0.6) is 0 Å². The molecule has 6 rings (SSSR count). The number of hydrogen-bond donors (Lipinski definition) is 2. The second kappa shape index (κ2) is 8.86. The topological polar surface area (TPSA) is 131 Å². The summed E-state index contributed by atoms with van der Waals surface area (Å²) < 4.78 is 2.95. The van der Waals surface area contributed by atoms with Gasteiger partial charge in [0, 0.05) is 24.7 Å². The quantitative estimate of drug-likeness (QED) is 0.386. The number of aromatic nitrogens is 6. The first-order valence-electron chi connectivity index (χ1n) is 11.7. The van der Waals surface area contributed by atoms with Crippen molar-refractivity contribution in [3.05, 3.63) is 89.0 Å². The molecule has 1 saturated heterocycles. The zero-order chi connectivity index (χ0) is 25.5. The Bertz CT molecular complexity index is 1690. The average molecular weight is 495 g/mol. The number of benzene rings is 2. The number of rotatable bonds is 5. The van der Waals surface area contributed by atoms with Gasteiger partial charge < -0.3 is 10.2 Å². The second-order valence-corrected chi connectivity index (χ2v) is 8.83. The molecular weight excluding hydrogens is 472 g/mol. The van der Waals surface area contributed by atoms with Gasteiger partial charge in [-0.2, -0.15) is 19.9 Å². The molecule has 0 bridgehead atoms. The predicted octanol–water partition coefficient (Wildman–Crippen LogP) is 2.59. The maximum atomic E-state index is 13.2. The minimum absolute atomic E-state index is 0.102. The Labute approximate surface area is 210 Å². The molecule has 1 fully saturated rings. The van der Waals surface area contributed by atoms with E-state index in [0.717, 1.165) is 11.4 Å². The smallest absolute Gasteiger partial charge is 0.263 e. The number of aromatic amines is 1. The van der Waals surface area contributed by atoms with Crippen LogP contribution in [0.1, 0.15) is 12.1 Å². The lowest BCUT2D eigenvalue weighted by Crippen LogP contribution is -2.28. The van der Waals surface area contributed by atoms with Crippen LogP contribution in [0.25, 0.3) is 22.7 Å². The Balaban J connectivity index is 1.31. The number of nitrogens with zero attached hydrogens (tertiary/aromatic N) is 6. The standard InChI is InChI=1S/C26H22N8O3/c1-16-12-21(28-24(36)17-13-22(35)32(15-17)18-8-4-2-5-9-18)34(31-16)26-29-23-20(25(37)30-26)14-27-33(23)19-10-6-3-7-11-19/h2-12,14,17H,13,15H2,1H3,(H,28,36)(H,29,30,37). The van der Waals surface area contributed by atoms with Crippen molar-refractivity contribution in [2.45, 2.75) is 13.3 Å². The molecule has 4 heterocycles. The highest BCUT2D eigenvalue weighted by Gasteiger charge is 2.35. The van der Waals surface area contributed by atoms with Gasteiger partial charge in [0.2, 0.25) is 17.8 Å². The molecule has 5 aromatic rings. The van der Waals surface area contributed by atoms with Crippen molar-refractivity contribution < 1.29 is 9.59 Å². The molecule has 11 heteroatoms. The van der Waals surface area contributed by atoms with Gasteiger partial charge in [0.15, 0.2) is 5.65 Å². The van der Waals surface area contributed by atoms with Crippen LogP contribution in [-0.2, 0) is 9.59 Å². The molecule has 2 aromatic carbocycles.